The van der Waals surface area contributed by atoms with Crippen molar-refractivity contribution in [2.45, 2.75) is 25.2 Å². The monoisotopic (exact) mass is 146 g/mol. The summed E-state index contributed by atoms with van der Waals surface area (Å²) in [7, 11) is 3.31. The van der Waals surface area contributed by atoms with Gasteiger partial charge in [0.2, 0.25) is 0 Å². The lowest BCUT2D eigenvalue weighted by Crippen LogP contribution is -2.13. The van der Waals surface area contributed by atoms with E-state index >= 15 is 0 Å². The summed E-state index contributed by atoms with van der Waals surface area (Å²) in [4.78, 5) is 0. The Morgan fingerprint density at radius 1 is 1.50 bits per heavy atom. The molecule has 0 aromatic carbocycles. The normalized spacial score (nSPS) is 23.7. The number of ether oxygens (including phenoxy) is 3. The van der Waals surface area contributed by atoms with Crippen molar-refractivity contribution in [2.24, 2.45) is 0 Å². The van der Waals surface area contributed by atoms with Gasteiger partial charge in [-0.25, -0.2) is 0 Å². The maximum absolute atomic E-state index is 5.04. The molecule has 0 aliphatic carbocycles. The van der Waals surface area contributed by atoms with Crippen molar-refractivity contribution >= 4 is 0 Å². The van der Waals surface area contributed by atoms with E-state index in [-0.39, 0.29) is 6.29 Å². The van der Waals surface area contributed by atoms with Gasteiger partial charge in [-0.05, 0) is 6.42 Å². The lowest BCUT2D eigenvalue weighted by atomic mass is 10.2. The molecule has 3 nitrogen and oxygen atoms in total. The first-order valence-electron chi connectivity index (χ1n) is 3.54. The lowest BCUT2D eigenvalue weighted by Gasteiger charge is -2.11. The molecule has 1 aliphatic heterocycles. The molecule has 1 atom stereocenters. The van der Waals surface area contributed by atoms with Crippen molar-refractivity contribution in [2.75, 3.05) is 20.8 Å². The minimum Gasteiger partial charge on any atom is -0.373 e. The number of hydrogen-bond acceptors (Lipinski definition) is 3. The second-order valence-electron chi connectivity index (χ2n) is 2.43. The Morgan fingerprint density at radius 2 is 2.10 bits per heavy atom. The van der Waals surface area contributed by atoms with E-state index in [0.717, 1.165) is 19.4 Å². The van der Waals surface area contributed by atoms with Gasteiger partial charge >= 0.3 is 0 Å². The maximum Gasteiger partial charge on any atom is 0.156 e. The molecule has 0 saturated carbocycles. The molecular weight excluding hydrogens is 132 g/mol. The van der Waals surface area contributed by atoms with Gasteiger partial charge in [0.1, 0.15) is 0 Å². The minimum atomic E-state index is -0.0517. The zero-order chi connectivity index (χ0) is 7.40. The third kappa shape index (κ3) is 2.64. The molecule has 0 aromatic heterocycles. The Balaban J connectivity index is 1.97. The summed E-state index contributed by atoms with van der Waals surface area (Å²) < 4.78 is 15.0. The second-order valence-corrected chi connectivity index (χ2v) is 2.43. The molecule has 0 radical (unpaired) electrons. The fraction of sp³-hybridized carbons (Fsp3) is 1.00. The molecule has 0 spiro atoms. The van der Waals surface area contributed by atoms with Crippen molar-refractivity contribution in [3.05, 3.63) is 0 Å². The molecule has 1 heterocycles. The molecule has 1 fully saturated rings. The van der Waals surface area contributed by atoms with Crippen LogP contribution in [-0.2, 0) is 14.2 Å². The number of hydrogen-bond donors (Lipinski definition) is 0. The van der Waals surface area contributed by atoms with Crippen LogP contribution in [0.3, 0.4) is 0 Å². The molecule has 0 unspecified atom stereocenters. The quantitative estimate of drug-likeness (QED) is 0.424. The highest BCUT2D eigenvalue weighted by Gasteiger charge is 2.23. The average Bonchev–Trinajstić information content (AvgIpc) is 2.74. The van der Waals surface area contributed by atoms with Gasteiger partial charge in [0.25, 0.3) is 0 Å². The van der Waals surface area contributed by atoms with E-state index in [2.05, 4.69) is 0 Å². The van der Waals surface area contributed by atoms with Crippen LogP contribution in [0.1, 0.15) is 12.8 Å². The van der Waals surface area contributed by atoms with E-state index in [1.165, 1.54) is 0 Å². The van der Waals surface area contributed by atoms with Crippen molar-refractivity contribution in [1.82, 2.24) is 0 Å². The Hall–Kier alpha value is -0.120. The van der Waals surface area contributed by atoms with Crippen molar-refractivity contribution in [1.29, 1.82) is 0 Å². The molecule has 0 aromatic rings. The standard InChI is InChI=1S/C7H14O3/c1-8-7(9-2)4-3-6-5-10-6/h6-7H,3-5H2,1-2H3/t6-/m0/s1. The summed E-state index contributed by atoms with van der Waals surface area (Å²) in [6.45, 7) is 0.917. The summed E-state index contributed by atoms with van der Waals surface area (Å²) in [5, 5.41) is 0. The largest absolute Gasteiger partial charge is 0.373 e. The zero-order valence-electron chi connectivity index (χ0n) is 6.50. The molecule has 10 heavy (non-hydrogen) atoms. The molecule has 0 amide bonds. The number of rotatable bonds is 5. The summed E-state index contributed by atoms with van der Waals surface area (Å²) in [5.74, 6) is 0. The van der Waals surface area contributed by atoms with Gasteiger partial charge in [0.05, 0.1) is 12.7 Å². The first-order chi connectivity index (χ1) is 4.86. The van der Waals surface area contributed by atoms with Crippen LogP contribution in [-0.4, -0.2) is 33.2 Å². The Bertz CT molecular complexity index is 86.9. The predicted molar refractivity (Wildman–Crippen MR) is 36.8 cm³/mol. The van der Waals surface area contributed by atoms with Crippen LogP contribution in [0.25, 0.3) is 0 Å². The van der Waals surface area contributed by atoms with Gasteiger partial charge < -0.3 is 14.2 Å². The Labute approximate surface area is 61.3 Å². The van der Waals surface area contributed by atoms with Crippen molar-refractivity contribution in [3.63, 3.8) is 0 Å². The summed E-state index contributed by atoms with van der Waals surface area (Å²) in [5.41, 5.74) is 0. The smallest absolute Gasteiger partial charge is 0.156 e. The fourth-order valence-electron chi connectivity index (χ4n) is 0.889. The van der Waals surface area contributed by atoms with Gasteiger partial charge in [-0.1, -0.05) is 0 Å². The van der Waals surface area contributed by atoms with Gasteiger partial charge in [0, 0.05) is 20.6 Å². The lowest BCUT2D eigenvalue weighted by molar-refractivity contribution is -0.107. The summed E-state index contributed by atoms with van der Waals surface area (Å²) in [6.07, 6.45) is 2.40. The second kappa shape index (κ2) is 3.91. The highest BCUT2D eigenvalue weighted by atomic mass is 16.7. The van der Waals surface area contributed by atoms with Crippen LogP contribution in [0.2, 0.25) is 0 Å². The molecular formula is C7H14O3. The Kier molecular flexibility index (Phi) is 3.12. The molecule has 1 rings (SSSR count). The fourth-order valence-corrected chi connectivity index (χ4v) is 0.889. The average molecular weight is 146 g/mol. The van der Waals surface area contributed by atoms with E-state index in [9.17, 15) is 0 Å². The van der Waals surface area contributed by atoms with E-state index in [0.29, 0.717) is 6.10 Å². The van der Waals surface area contributed by atoms with E-state index < -0.39 is 0 Å². The third-order valence-corrected chi connectivity index (χ3v) is 1.65. The van der Waals surface area contributed by atoms with Crippen molar-refractivity contribution < 1.29 is 14.2 Å². The molecule has 0 bridgehead atoms. The van der Waals surface area contributed by atoms with Crippen LogP contribution in [0.5, 0.6) is 0 Å². The Morgan fingerprint density at radius 3 is 2.50 bits per heavy atom. The van der Waals surface area contributed by atoms with Gasteiger partial charge in [0.15, 0.2) is 6.29 Å². The summed E-state index contributed by atoms with van der Waals surface area (Å²) in [6, 6.07) is 0. The first-order valence-corrected chi connectivity index (χ1v) is 3.54. The SMILES string of the molecule is COC(CC[C@H]1CO1)OC. The van der Waals surface area contributed by atoms with Gasteiger partial charge in [-0.15, -0.1) is 0 Å². The molecule has 0 N–H and O–H groups in total. The van der Waals surface area contributed by atoms with Crippen LogP contribution in [0.4, 0.5) is 0 Å². The van der Waals surface area contributed by atoms with Gasteiger partial charge in [-0.2, -0.15) is 0 Å². The topological polar surface area (TPSA) is 31.0 Å². The van der Waals surface area contributed by atoms with Crippen LogP contribution < -0.4 is 0 Å². The first kappa shape index (κ1) is 7.98. The van der Waals surface area contributed by atoms with Gasteiger partial charge in [-0.3, -0.25) is 0 Å². The van der Waals surface area contributed by atoms with E-state index in [1.54, 1.807) is 14.2 Å². The summed E-state index contributed by atoms with van der Waals surface area (Å²) >= 11 is 0. The molecule has 1 saturated heterocycles. The molecule has 60 valence electrons. The number of epoxide rings is 1. The highest BCUT2D eigenvalue weighted by Crippen LogP contribution is 2.17. The molecule has 1 aliphatic rings. The van der Waals surface area contributed by atoms with Crippen LogP contribution in [0.15, 0.2) is 0 Å². The third-order valence-electron chi connectivity index (χ3n) is 1.65. The highest BCUT2D eigenvalue weighted by molar-refractivity contribution is 4.68. The van der Waals surface area contributed by atoms with Crippen LogP contribution in [0, 0.1) is 0 Å². The minimum absolute atomic E-state index is 0.0517. The van der Waals surface area contributed by atoms with Crippen LogP contribution >= 0.6 is 0 Å². The number of methoxy groups -OCH3 is 2. The zero-order valence-corrected chi connectivity index (χ0v) is 6.50. The maximum atomic E-state index is 5.04. The van der Waals surface area contributed by atoms with E-state index in [1.807, 2.05) is 0 Å². The van der Waals surface area contributed by atoms with E-state index in [4.69, 9.17) is 14.2 Å². The van der Waals surface area contributed by atoms with Crippen molar-refractivity contribution in [3.8, 4) is 0 Å². The molecule has 3 heteroatoms. The predicted octanol–water partition coefficient (Wildman–Crippen LogP) is 0.784.